The molecule has 2 rings (SSSR count). The fraction of sp³-hybridized carbons (Fsp3) is 0.667. The van der Waals surface area contributed by atoms with Gasteiger partial charge in [0, 0.05) is 19.7 Å². The molecule has 1 unspecified atom stereocenters. The number of hydrogen-bond donors (Lipinski definition) is 2. The van der Waals surface area contributed by atoms with Crippen molar-refractivity contribution < 1.29 is 9.53 Å². The number of amides is 1. The molecule has 0 aliphatic carbocycles. The van der Waals surface area contributed by atoms with Crippen LogP contribution in [0.5, 0.6) is 0 Å². The number of anilines is 1. The van der Waals surface area contributed by atoms with Gasteiger partial charge in [-0.15, -0.1) is 0 Å². The van der Waals surface area contributed by atoms with E-state index in [1.807, 2.05) is 6.92 Å². The van der Waals surface area contributed by atoms with Crippen molar-refractivity contribution in [2.75, 3.05) is 18.9 Å². The van der Waals surface area contributed by atoms with Crippen molar-refractivity contribution in [2.45, 2.75) is 38.8 Å². The Hall–Kier alpha value is -1.56. The van der Waals surface area contributed by atoms with Gasteiger partial charge in [-0.3, -0.25) is 9.48 Å². The van der Waals surface area contributed by atoms with Crippen LogP contribution in [0.2, 0.25) is 0 Å². The Morgan fingerprint density at radius 2 is 2.56 bits per heavy atom. The molecular formula is C12H20N4O2. The lowest BCUT2D eigenvalue weighted by atomic mass is 10.2. The van der Waals surface area contributed by atoms with Crippen molar-refractivity contribution >= 4 is 11.6 Å². The first-order valence-electron chi connectivity index (χ1n) is 6.43. The molecule has 0 bridgehead atoms. The number of nitrogens with one attached hydrogen (secondary N) is 1. The van der Waals surface area contributed by atoms with Crippen LogP contribution in [0.1, 0.15) is 36.7 Å². The van der Waals surface area contributed by atoms with Crippen LogP contribution in [0.4, 0.5) is 5.69 Å². The molecule has 3 N–H and O–H groups in total. The van der Waals surface area contributed by atoms with Gasteiger partial charge in [0.15, 0.2) is 0 Å². The summed E-state index contributed by atoms with van der Waals surface area (Å²) in [6.07, 6.45) is 4.86. The van der Waals surface area contributed by atoms with E-state index in [2.05, 4.69) is 10.4 Å². The van der Waals surface area contributed by atoms with Crippen molar-refractivity contribution in [1.82, 2.24) is 15.1 Å². The highest BCUT2D eigenvalue weighted by atomic mass is 16.5. The summed E-state index contributed by atoms with van der Waals surface area (Å²) in [6, 6.07) is 0. The largest absolute Gasteiger partial charge is 0.396 e. The van der Waals surface area contributed by atoms with E-state index in [1.165, 1.54) is 6.20 Å². The lowest BCUT2D eigenvalue weighted by molar-refractivity contribution is 0.0899. The maximum Gasteiger partial charge on any atom is 0.271 e. The van der Waals surface area contributed by atoms with Gasteiger partial charge in [-0.1, -0.05) is 0 Å². The molecule has 1 amide bonds. The van der Waals surface area contributed by atoms with Gasteiger partial charge in [0.1, 0.15) is 5.69 Å². The first-order valence-corrected chi connectivity index (χ1v) is 6.43. The van der Waals surface area contributed by atoms with Gasteiger partial charge < -0.3 is 15.8 Å². The van der Waals surface area contributed by atoms with Crippen molar-refractivity contribution in [1.29, 1.82) is 0 Å². The Balaban J connectivity index is 1.85. The van der Waals surface area contributed by atoms with Gasteiger partial charge in [-0.2, -0.15) is 5.10 Å². The van der Waals surface area contributed by atoms with Gasteiger partial charge in [0.2, 0.25) is 0 Å². The zero-order valence-corrected chi connectivity index (χ0v) is 10.7. The summed E-state index contributed by atoms with van der Waals surface area (Å²) in [6.45, 7) is 4.01. The predicted octanol–water partition coefficient (Wildman–Crippen LogP) is 0.784. The number of aryl methyl sites for hydroxylation is 1. The molecule has 1 atom stereocenters. The topological polar surface area (TPSA) is 82.2 Å². The first kappa shape index (κ1) is 12.9. The zero-order chi connectivity index (χ0) is 13.0. The molecule has 6 nitrogen and oxygen atoms in total. The Bertz CT molecular complexity index is 410. The molecule has 1 aliphatic rings. The molecule has 1 saturated heterocycles. The SMILES string of the molecule is CCn1ncc(N)c1C(=O)NCCC1CCCO1. The minimum Gasteiger partial charge on any atom is -0.396 e. The monoisotopic (exact) mass is 252 g/mol. The van der Waals surface area contributed by atoms with Gasteiger partial charge in [-0.25, -0.2) is 0 Å². The van der Waals surface area contributed by atoms with Crippen LogP contribution in [0.3, 0.4) is 0 Å². The maximum atomic E-state index is 12.0. The Morgan fingerprint density at radius 3 is 3.22 bits per heavy atom. The number of carbonyl (C=O) groups excluding carboxylic acids is 1. The summed E-state index contributed by atoms with van der Waals surface area (Å²) in [5.41, 5.74) is 6.61. The van der Waals surface area contributed by atoms with E-state index in [1.54, 1.807) is 4.68 Å². The highest BCUT2D eigenvalue weighted by molar-refractivity contribution is 5.97. The number of ether oxygens (including phenoxy) is 1. The second kappa shape index (κ2) is 5.86. The molecule has 100 valence electrons. The van der Waals surface area contributed by atoms with Crippen molar-refractivity contribution in [3.8, 4) is 0 Å². The van der Waals surface area contributed by atoms with E-state index >= 15 is 0 Å². The highest BCUT2D eigenvalue weighted by Gasteiger charge is 2.18. The molecule has 6 heteroatoms. The second-order valence-corrected chi connectivity index (χ2v) is 4.44. The van der Waals surface area contributed by atoms with Crippen LogP contribution in [0.15, 0.2) is 6.20 Å². The number of nitrogen functional groups attached to an aromatic ring is 1. The first-order chi connectivity index (χ1) is 8.72. The van der Waals surface area contributed by atoms with Crippen LogP contribution in [-0.2, 0) is 11.3 Å². The summed E-state index contributed by atoms with van der Waals surface area (Å²) in [5.74, 6) is -0.162. The number of hydrogen-bond acceptors (Lipinski definition) is 4. The van der Waals surface area contributed by atoms with E-state index in [0.717, 1.165) is 25.9 Å². The quantitative estimate of drug-likeness (QED) is 0.811. The van der Waals surface area contributed by atoms with E-state index in [0.29, 0.717) is 30.6 Å². The number of nitrogens with two attached hydrogens (primary N) is 1. The summed E-state index contributed by atoms with van der Waals surface area (Å²) in [5, 5.41) is 6.91. The lowest BCUT2D eigenvalue weighted by Gasteiger charge is -2.11. The van der Waals surface area contributed by atoms with Crippen LogP contribution >= 0.6 is 0 Å². The Labute approximate surface area is 106 Å². The summed E-state index contributed by atoms with van der Waals surface area (Å²) in [4.78, 5) is 12.0. The average Bonchev–Trinajstić information content (AvgIpc) is 2.98. The highest BCUT2D eigenvalue weighted by Crippen LogP contribution is 2.15. The standard InChI is InChI=1S/C12H20N4O2/c1-2-16-11(10(13)8-15-16)12(17)14-6-5-9-4-3-7-18-9/h8-9H,2-7,13H2,1H3,(H,14,17). The molecule has 0 aromatic carbocycles. The number of rotatable bonds is 5. The van der Waals surface area contributed by atoms with Crippen molar-refractivity contribution in [2.24, 2.45) is 0 Å². The Morgan fingerprint density at radius 1 is 1.72 bits per heavy atom. The van der Waals surface area contributed by atoms with Crippen LogP contribution < -0.4 is 11.1 Å². The third-order valence-corrected chi connectivity index (χ3v) is 3.16. The van der Waals surface area contributed by atoms with Crippen LogP contribution in [0, 0.1) is 0 Å². The fourth-order valence-electron chi connectivity index (χ4n) is 2.19. The van der Waals surface area contributed by atoms with Crippen LogP contribution in [-0.4, -0.2) is 34.9 Å². The third kappa shape index (κ3) is 2.81. The van der Waals surface area contributed by atoms with Gasteiger partial charge in [-0.05, 0) is 26.2 Å². The molecule has 1 aromatic rings. The molecule has 0 saturated carbocycles. The Kier molecular flexibility index (Phi) is 4.19. The number of carbonyl (C=O) groups is 1. The molecule has 1 aliphatic heterocycles. The fourth-order valence-corrected chi connectivity index (χ4v) is 2.19. The maximum absolute atomic E-state index is 12.0. The van der Waals surface area contributed by atoms with E-state index < -0.39 is 0 Å². The summed E-state index contributed by atoms with van der Waals surface area (Å²) in [7, 11) is 0. The van der Waals surface area contributed by atoms with E-state index in [4.69, 9.17) is 10.5 Å². The number of aromatic nitrogens is 2. The zero-order valence-electron chi connectivity index (χ0n) is 10.7. The van der Waals surface area contributed by atoms with Gasteiger partial charge >= 0.3 is 0 Å². The molecule has 0 spiro atoms. The van der Waals surface area contributed by atoms with Crippen molar-refractivity contribution in [3.05, 3.63) is 11.9 Å². The third-order valence-electron chi connectivity index (χ3n) is 3.16. The lowest BCUT2D eigenvalue weighted by Crippen LogP contribution is -2.29. The smallest absolute Gasteiger partial charge is 0.271 e. The van der Waals surface area contributed by atoms with E-state index in [9.17, 15) is 4.79 Å². The summed E-state index contributed by atoms with van der Waals surface area (Å²) >= 11 is 0. The molecule has 2 heterocycles. The minimum absolute atomic E-state index is 0.162. The van der Waals surface area contributed by atoms with Crippen molar-refractivity contribution in [3.63, 3.8) is 0 Å². The second-order valence-electron chi connectivity index (χ2n) is 4.44. The molecule has 0 radical (unpaired) electrons. The molecule has 18 heavy (non-hydrogen) atoms. The normalized spacial score (nSPS) is 19.1. The van der Waals surface area contributed by atoms with Gasteiger partial charge in [0.25, 0.3) is 5.91 Å². The number of nitrogens with zero attached hydrogens (tertiary/aromatic N) is 2. The van der Waals surface area contributed by atoms with Crippen LogP contribution in [0.25, 0.3) is 0 Å². The van der Waals surface area contributed by atoms with Gasteiger partial charge in [0.05, 0.1) is 18.0 Å². The molecular weight excluding hydrogens is 232 g/mol. The minimum atomic E-state index is -0.162. The molecule has 1 aromatic heterocycles. The average molecular weight is 252 g/mol. The molecule has 1 fully saturated rings. The summed E-state index contributed by atoms with van der Waals surface area (Å²) < 4.78 is 7.11. The predicted molar refractivity (Wildman–Crippen MR) is 68.2 cm³/mol. The van der Waals surface area contributed by atoms with E-state index in [-0.39, 0.29) is 5.91 Å².